The van der Waals surface area contributed by atoms with Gasteiger partial charge in [-0.3, -0.25) is 9.59 Å². The van der Waals surface area contributed by atoms with Crippen LogP contribution in [0.1, 0.15) is 30.3 Å². The zero-order chi connectivity index (χ0) is 19.2. The van der Waals surface area contributed by atoms with Gasteiger partial charge in [0.15, 0.2) is 6.61 Å². The molecule has 0 unspecified atom stereocenters. The number of rotatable bonds is 7. The summed E-state index contributed by atoms with van der Waals surface area (Å²) < 4.78 is 42.1. The zero-order valence-corrected chi connectivity index (χ0v) is 14.0. The molecule has 0 atom stereocenters. The Morgan fingerprint density at radius 3 is 2.50 bits per heavy atom. The van der Waals surface area contributed by atoms with Crippen LogP contribution in [0.3, 0.4) is 0 Å². The number of carbonyl (C=O) groups is 1. The minimum Gasteiger partial charge on any atom is -0.484 e. The zero-order valence-electron chi connectivity index (χ0n) is 14.0. The first-order valence-corrected chi connectivity index (χ1v) is 7.97. The van der Waals surface area contributed by atoms with E-state index in [9.17, 15) is 22.8 Å². The van der Waals surface area contributed by atoms with Crippen molar-refractivity contribution < 1.29 is 22.7 Å². The van der Waals surface area contributed by atoms with Crippen LogP contribution in [0.2, 0.25) is 0 Å². The number of ether oxygens (including phenoxy) is 1. The Morgan fingerprint density at radius 1 is 1.19 bits per heavy atom. The van der Waals surface area contributed by atoms with Crippen molar-refractivity contribution in [1.29, 1.82) is 0 Å². The molecule has 6 nitrogen and oxygen atoms in total. The number of alkyl halides is 3. The molecule has 0 saturated heterocycles. The van der Waals surface area contributed by atoms with Crippen LogP contribution >= 0.6 is 0 Å². The van der Waals surface area contributed by atoms with E-state index in [2.05, 4.69) is 15.2 Å². The molecule has 0 spiro atoms. The van der Waals surface area contributed by atoms with Crippen LogP contribution in [-0.4, -0.2) is 28.5 Å². The van der Waals surface area contributed by atoms with E-state index in [0.717, 1.165) is 12.8 Å². The molecule has 0 aliphatic carbocycles. The second-order valence-corrected chi connectivity index (χ2v) is 5.52. The molecule has 1 heterocycles. The summed E-state index contributed by atoms with van der Waals surface area (Å²) in [6.07, 6.45) is -2.77. The summed E-state index contributed by atoms with van der Waals surface area (Å²) in [4.78, 5) is 23.9. The SMILES string of the molecule is CCCCn1nc(C(=O)Nc2ccc(OCC(F)(F)F)cc2)ccc1=O. The Labute approximate surface area is 147 Å². The molecule has 0 bridgehead atoms. The monoisotopic (exact) mass is 369 g/mol. The Morgan fingerprint density at radius 2 is 1.88 bits per heavy atom. The predicted octanol–water partition coefficient (Wildman–Crippen LogP) is 3.24. The van der Waals surface area contributed by atoms with Gasteiger partial charge in [0, 0.05) is 18.3 Å². The third-order valence-corrected chi connectivity index (χ3v) is 3.34. The van der Waals surface area contributed by atoms with Gasteiger partial charge in [-0.2, -0.15) is 18.3 Å². The number of unbranched alkanes of at least 4 members (excludes halogenated alkanes) is 1. The average Bonchev–Trinajstić information content (AvgIpc) is 2.59. The van der Waals surface area contributed by atoms with Crippen molar-refractivity contribution in [2.24, 2.45) is 0 Å². The van der Waals surface area contributed by atoms with Gasteiger partial charge in [-0.05, 0) is 36.8 Å². The van der Waals surface area contributed by atoms with Gasteiger partial charge >= 0.3 is 6.18 Å². The maximum Gasteiger partial charge on any atom is 0.422 e. The lowest BCUT2D eigenvalue weighted by Crippen LogP contribution is -2.26. The fourth-order valence-corrected chi connectivity index (χ4v) is 2.03. The summed E-state index contributed by atoms with van der Waals surface area (Å²) in [6.45, 7) is 1.01. The predicted molar refractivity (Wildman–Crippen MR) is 89.4 cm³/mol. The normalized spacial score (nSPS) is 11.2. The number of nitrogens with zero attached hydrogens (tertiary/aromatic N) is 2. The number of aryl methyl sites for hydroxylation is 1. The number of benzene rings is 1. The highest BCUT2D eigenvalue weighted by Crippen LogP contribution is 2.20. The van der Waals surface area contributed by atoms with Crippen LogP contribution < -0.4 is 15.6 Å². The summed E-state index contributed by atoms with van der Waals surface area (Å²) in [5.74, 6) is -0.495. The molecule has 2 aromatic rings. The summed E-state index contributed by atoms with van der Waals surface area (Å²) >= 11 is 0. The smallest absolute Gasteiger partial charge is 0.422 e. The van der Waals surface area contributed by atoms with Gasteiger partial charge in [0.2, 0.25) is 0 Å². The molecule has 1 aromatic carbocycles. The van der Waals surface area contributed by atoms with Crippen molar-refractivity contribution in [2.75, 3.05) is 11.9 Å². The van der Waals surface area contributed by atoms with Gasteiger partial charge in [-0.1, -0.05) is 13.3 Å². The fourth-order valence-electron chi connectivity index (χ4n) is 2.03. The number of amides is 1. The molecule has 0 fully saturated rings. The molecule has 2 rings (SSSR count). The Hall–Kier alpha value is -2.84. The third kappa shape index (κ3) is 5.91. The quantitative estimate of drug-likeness (QED) is 0.813. The lowest BCUT2D eigenvalue weighted by molar-refractivity contribution is -0.153. The van der Waals surface area contributed by atoms with Crippen molar-refractivity contribution in [2.45, 2.75) is 32.5 Å². The van der Waals surface area contributed by atoms with E-state index in [4.69, 9.17) is 0 Å². The van der Waals surface area contributed by atoms with E-state index in [-0.39, 0.29) is 17.0 Å². The van der Waals surface area contributed by atoms with Crippen molar-refractivity contribution in [3.63, 3.8) is 0 Å². The van der Waals surface area contributed by atoms with Gasteiger partial charge in [-0.15, -0.1) is 0 Å². The van der Waals surface area contributed by atoms with Gasteiger partial charge < -0.3 is 10.1 Å². The van der Waals surface area contributed by atoms with Crippen molar-refractivity contribution in [3.8, 4) is 5.75 Å². The Balaban J connectivity index is 2.02. The number of carbonyl (C=O) groups excluding carboxylic acids is 1. The first-order chi connectivity index (χ1) is 12.3. The molecular weight excluding hydrogens is 351 g/mol. The molecule has 9 heteroatoms. The topological polar surface area (TPSA) is 73.2 Å². The molecular formula is C17H18F3N3O3. The van der Waals surface area contributed by atoms with Crippen LogP contribution in [0.4, 0.5) is 18.9 Å². The van der Waals surface area contributed by atoms with E-state index < -0.39 is 18.7 Å². The summed E-state index contributed by atoms with van der Waals surface area (Å²) in [6, 6.07) is 8.05. The van der Waals surface area contributed by atoms with Crippen LogP contribution in [0.5, 0.6) is 5.75 Å². The van der Waals surface area contributed by atoms with Crippen LogP contribution in [-0.2, 0) is 6.54 Å². The largest absolute Gasteiger partial charge is 0.484 e. The van der Waals surface area contributed by atoms with E-state index in [1.165, 1.54) is 41.1 Å². The molecule has 0 aliphatic heterocycles. The lowest BCUT2D eigenvalue weighted by Gasteiger charge is -2.10. The molecule has 26 heavy (non-hydrogen) atoms. The van der Waals surface area contributed by atoms with Crippen LogP contribution in [0.15, 0.2) is 41.2 Å². The highest BCUT2D eigenvalue weighted by Gasteiger charge is 2.28. The van der Waals surface area contributed by atoms with Crippen molar-refractivity contribution in [1.82, 2.24) is 9.78 Å². The van der Waals surface area contributed by atoms with E-state index in [0.29, 0.717) is 12.2 Å². The Kier molecular flexibility index (Phi) is 6.37. The van der Waals surface area contributed by atoms with E-state index >= 15 is 0 Å². The first-order valence-electron chi connectivity index (χ1n) is 7.97. The highest BCUT2D eigenvalue weighted by atomic mass is 19.4. The highest BCUT2D eigenvalue weighted by molar-refractivity contribution is 6.02. The number of anilines is 1. The third-order valence-electron chi connectivity index (χ3n) is 3.34. The number of hydrogen-bond donors (Lipinski definition) is 1. The fraction of sp³-hybridized carbons (Fsp3) is 0.353. The molecule has 0 aliphatic rings. The second kappa shape index (κ2) is 8.50. The number of hydrogen-bond acceptors (Lipinski definition) is 4. The van der Waals surface area contributed by atoms with E-state index in [1.807, 2.05) is 6.92 Å². The Bertz CT molecular complexity index is 801. The summed E-state index contributed by atoms with van der Waals surface area (Å²) in [5.41, 5.74) is 0.140. The van der Waals surface area contributed by atoms with Gasteiger partial charge in [0.1, 0.15) is 11.4 Å². The van der Waals surface area contributed by atoms with Gasteiger partial charge in [-0.25, -0.2) is 4.68 Å². The standard InChI is InChI=1S/C17H18F3N3O3/c1-2-3-10-23-15(24)9-8-14(22-23)16(25)21-12-4-6-13(7-5-12)26-11-17(18,19)20/h4-9H,2-3,10-11H2,1H3,(H,21,25). The number of halogens is 3. The van der Waals surface area contributed by atoms with Crippen molar-refractivity contribution >= 4 is 11.6 Å². The van der Waals surface area contributed by atoms with Gasteiger partial charge in [0.05, 0.1) is 0 Å². The minimum atomic E-state index is -4.42. The lowest BCUT2D eigenvalue weighted by atomic mass is 10.3. The van der Waals surface area contributed by atoms with E-state index in [1.54, 1.807) is 0 Å². The molecule has 1 amide bonds. The number of nitrogens with one attached hydrogen (secondary N) is 1. The maximum atomic E-state index is 12.2. The minimum absolute atomic E-state index is 0.0339. The number of aromatic nitrogens is 2. The molecule has 0 radical (unpaired) electrons. The van der Waals surface area contributed by atoms with Gasteiger partial charge in [0.25, 0.3) is 11.5 Å². The first kappa shape index (κ1) is 19.5. The molecule has 140 valence electrons. The second-order valence-electron chi connectivity index (χ2n) is 5.52. The molecule has 1 N–H and O–H groups in total. The average molecular weight is 369 g/mol. The van der Waals surface area contributed by atoms with Crippen molar-refractivity contribution in [3.05, 3.63) is 52.4 Å². The maximum absolute atomic E-state index is 12.2. The summed E-state index contributed by atoms with van der Waals surface area (Å²) in [5, 5.41) is 6.59. The molecule has 0 saturated carbocycles. The van der Waals surface area contributed by atoms with Crippen LogP contribution in [0, 0.1) is 0 Å². The molecule has 1 aromatic heterocycles. The van der Waals surface area contributed by atoms with Crippen LogP contribution in [0.25, 0.3) is 0 Å². The summed E-state index contributed by atoms with van der Waals surface area (Å²) in [7, 11) is 0.